The van der Waals surface area contributed by atoms with Gasteiger partial charge in [0, 0.05) is 35.1 Å². The summed E-state index contributed by atoms with van der Waals surface area (Å²) in [6.45, 7) is 0. The second-order valence-corrected chi connectivity index (χ2v) is 6.13. The maximum Gasteiger partial charge on any atom is 0.310 e. The average molecular weight is 389 g/mol. The Hall–Kier alpha value is -4.27. The van der Waals surface area contributed by atoms with Gasteiger partial charge in [0.15, 0.2) is 17.2 Å². The van der Waals surface area contributed by atoms with E-state index >= 15 is 0 Å². The number of rotatable bonds is 5. The van der Waals surface area contributed by atoms with Gasteiger partial charge in [0.25, 0.3) is 5.91 Å². The first kappa shape index (κ1) is 18.1. The fourth-order valence-electron chi connectivity index (χ4n) is 2.95. The highest BCUT2D eigenvalue weighted by Crippen LogP contribution is 2.28. The van der Waals surface area contributed by atoms with Gasteiger partial charge in [-0.15, -0.1) is 10.2 Å². The van der Waals surface area contributed by atoms with Crippen molar-refractivity contribution in [3.05, 3.63) is 82.5 Å². The number of hydrogen-bond donors (Lipinski definition) is 1. The first-order valence-corrected chi connectivity index (χ1v) is 8.61. The maximum absolute atomic E-state index is 12.6. The molecule has 0 aliphatic rings. The second kappa shape index (κ2) is 7.39. The van der Waals surface area contributed by atoms with Crippen LogP contribution in [0.4, 0.5) is 11.4 Å². The lowest BCUT2D eigenvalue weighted by Gasteiger charge is -2.08. The van der Waals surface area contributed by atoms with Gasteiger partial charge in [0.1, 0.15) is 0 Å². The number of pyridine rings is 1. The molecule has 1 N–H and O–H groups in total. The van der Waals surface area contributed by atoms with Crippen molar-refractivity contribution in [3.63, 3.8) is 0 Å². The van der Waals surface area contributed by atoms with Gasteiger partial charge in [0.2, 0.25) is 0 Å². The monoisotopic (exact) mass is 389 g/mol. The lowest BCUT2D eigenvalue weighted by molar-refractivity contribution is -0.385. The second-order valence-electron chi connectivity index (χ2n) is 6.13. The Kier molecular flexibility index (Phi) is 4.62. The summed E-state index contributed by atoms with van der Waals surface area (Å²) in [4.78, 5) is 23.0. The number of carbonyl (C=O) groups is 1. The van der Waals surface area contributed by atoms with Crippen LogP contribution in [0.25, 0.3) is 17.0 Å². The predicted octanol–water partition coefficient (Wildman–Crippen LogP) is 3.57. The summed E-state index contributed by atoms with van der Waals surface area (Å²) in [5.41, 5.74) is 2.09. The van der Waals surface area contributed by atoms with Gasteiger partial charge < -0.3 is 10.1 Å². The molecule has 0 aliphatic carbocycles. The summed E-state index contributed by atoms with van der Waals surface area (Å²) in [7, 11) is 1.32. The quantitative estimate of drug-likeness (QED) is 0.413. The molecule has 144 valence electrons. The molecule has 9 heteroatoms. The van der Waals surface area contributed by atoms with Gasteiger partial charge in [-0.3, -0.25) is 19.3 Å². The number of fused-ring (bicyclic) bond motifs is 1. The van der Waals surface area contributed by atoms with E-state index in [4.69, 9.17) is 4.74 Å². The standard InChI is InChI=1S/C20H15N5O4/c1-29-17-12-14(8-9-16(17)25(27)28)20(26)21-15-6-4-5-13(11-15)19-23-22-18-7-2-3-10-24(18)19/h2-12H,1H3,(H,21,26). The van der Waals surface area contributed by atoms with Crippen LogP contribution in [0.3, 0.4) is 0 Å². The number of hydrogen-bond acceptors (Lipinski definition) is 6. The zero-order valence-corrected chi connectivity index (χ0v) is 15.3. The topological polar surface area (TPSA) is 112 Å². The number of amides is 1. The molecule has 0 bridgehead atoms. The van der Waals surface area contributed by atoms with E-state index in [9.17, 15) is 14.9 Å². The molecule has 29 heavy (non-hydrogen) atoms. The zero-order chi connectivity index (χ0) is 20.4. The van der Waals surface area contributed by atoms with Crippen LogP contribution in [0.15, 0.2) is 66.9 Å². The highest BCUT2D eigenvalue weighted by atomic mass is 16.6. The van der Waals surface area contributed by atoms with Crippen molar-refractivity contribution in [1.82, 2.24) is 14.6 Å². The fourth-order valence-corrected chi connectivity index (χ4v) is 2.95. The number of nitro benzene ring substituents is 1. The Morgan fingerprint density at radius 2 is 1.97 bits per heavy atom. The number of benzene rings is 2. The minimum atomic E-state index is -0.563. The molecule has 9 nitrogen and oxygen atoms in total. The fraction of sp³-hybridized carbons (Fsp3) is 0.0500. The molecule has 0 atom stereocenters. The SMILES string of the molecule is COc1cc(C(=O)Nc2cccc(-c3nnc4ccccn34)c2)ccc1[N+](=O)[O-]. The van der Waals surface area contributed by atoms with E-state index in [0.29, 0.717) is 11.5 Å². The van der Waals surface area contributed by atoms with Gasteiger partial charge in [-0.25, -0.2) is 0 Å². The summed E-state index contributed by atoms with van der Waals surface area (Å²) in [6.07, 6.45) is 1.86. The zero-order valence-electron chi connectivity index (χ0n) is 15.3. The molecule has 0 spiro atoms. The van der Waals surface area contributed by atoms with Crippen molar-refractivity contribution in [3.8, 4) is 17.1 Å². The van der Waals surface area contributed by atoms with Crippen molar-refractivity contribution in [1.29, 1.82) is 0 Å². The average Bonchev–Trinajstić information content (AvgIpc) is 3.17. The van der Waals surface area contributed by atoms with Crippen LogP contribution < -0.4 is 10.1 Å². The molecule has 0 saturated carbocycles. The van der Waals surface area contributed by atoms with Crippen LogP contribution in [0.5, 0.6) is 5.75 Å². The summed E-state index contributed by atoms with van der Waals surface area (Å²) >= 11 is 0. The summed E-state index contributed by atoms with van der Waals surface area (Å²) < 4.78 is 6.87. The summed E-state index contributed by atoms with van der Waals surface area (Å²) in [5, 5.41) is 22.1. The van der Waals surface area contributed by atoms with E-state index in [1.165, 1.54) is 25.3 Å². The van der Waals surface area contributed by atoms with E-state index in [1.54, 1.807) is 18.2 Å². The molecule has 2 aromatic heterocycles. The van der Waals surface area contributed by atoms with Crippen molar-refractivity contribution < 1.29 is 14.5 Å². The molecule has 4 rings (SSSR count). The van der Waals surface area contributed by atoms with E-state index in [2.05, 4.69) is 15.5 Å². The Labute approximate surface area is 164 Å². The van der Waals surface area contributed by atoms with E-state index < -0.39 is 10.8 Å². The van der Waals surface area contributed by atoms with Crippen LogP contribution in [0.1, 0.15) is 10.4 Å². The molecule has 0 fully saturated rings. The lowest BCUT2D eigenvalue weighted by Crippen LogP contribution is -2.12. The predicted molar refractivity (Wildman–Crippen MR) is 106 cm³/mol. The minimum absolute atomic E-state index is 0.0198. The highest BCUT2D eigenvalue weighted by Gasteiger charge is 2.18. The van der Waals surface area contributed by atoms with Crippen LogP contribution in [-0.4, -0.2) is 32.5 Å². The highest BCUT2D eigenvalue weighted by molar-refractivity contribution is 6.05. The number of anilines is 1. The van der Waals surface area contributed by atoms with Crippen molar-refractivity contribution in [2.24, 2.45) is 0 Å². The molecule has 2 heterocycles. The molecular weight excluding hydrogens is 374 g/mol. The van der Waals surface area contributed by atoms with Crippen LogP contribution >= 0.6 is 0 Å². The number of aromatic nitrogens is 3. The smallest absolute Gasteiger partial charge is 0.310 e. The molecule has 1 amide bonds. The number of nitrogens with one attached hydrogen (secondary N) is 1. The Morgan fingerprint density at radius 1 is 1.10 bits per heavy atom. The maximum atomic E-state index is 12.6. The number of ether oxygens (including phenoxy) is 1. The first-order valence-electron chi connectivity index (χ1n) is 8.61. The van der Waals surface area contributed by atoms with Crippen molar-refractivity contribution in [2.45, 2.75) is 0 Å². The van der Waals surface area contributed by atoms with Gasteiger partial charge in [0.05, 0.1) is 12.0 Å². The number of carbonyl (C=O) groups excluding carboxylic acids is 1. The summed E-state index contributed by atoms with van der Waals surface area (Å²) in [5.74, 6) is 0.251. The molecule has 0 aliphatic heterocycles. The normalized spacial score (nSPS) is 10.7. The van der Waals surface area contributed by atoms with Gasteiger partial charge in [-0.2, -0.15) is 0 Å². The van der Waals surface area contributed by atoms with Crippen LogP contribution in [0.2, 0.25) is 0 Å². The van der Waals surface area contributed by atoms with E-state index in [0.717, 1.165) is 11.2 Å². The number of nitro groups is 1. The molecule has 2 aromatic carbocycles. The number of nitrogens with zero attached hydrogens (tertiary/aromatic N) is 4. The largest absolute Gasteiger partial charge is 0.490 e. The van der Waals surface area contributed by atoms with Crippen molar-refractivity contribution >= 4 is 22.9 Å². The third-order valence-corrected chi connectivity index (χ3v) is 4.33. The van der Waals surface area contributed by atoms with Gasteiger partial charge in [-0.05, 0) is 30.3 Å². The molecular formula is C20H15N5O4. The third-order valence-electron chi connectivity index (χ3n) is 4.33. The van der Waals surface area contributed by atoms with Crippen LogP contribution in [0, 0.1) is 10.1 Å². The minimum Gasteiger partial charge on any atom is -0.490 e. The Morgan fingerprint density at radius 3 is 2.76 bits per heavy atom. The Balaban J connectivity index is 1.61. The van der Waals surface area contributed by atoms with E-state index in [1.807, 2.05) is 34.9 Å². The third kappa shape index (κ3) is 3.48. The van der Waals surface area contributed by atoms with E-state index in [-0.39, 0.29) is 17.0 Å². The van der Waals surface area contributed by atoms with Gasteiger partial charge in [-0.1, -0.05) is 18.2 Å². The Bertz CT molecular complexity index is 1230. The first-order chi connectivity index (χ1) is 14.1. The summed E-state index contributed by atoms with van der Waals surface area (Å²) in [6, 6.07) is 16.8. The molecule has 0 radical (unpaired) electrons. The van der Waals surface area contributed by atoms with Crippen molar-refractivity contribution in [2.75, 3.05) is 12.4 Å². The number of methoxy groups -OCH3 is 1. The van der Waals surface area contributed by atoms with Gasteiger partial charge >= 0.3 is 5.69 Å². The molecule has 0 saturated heterocycles. The molecule has 4 aromatic rings. The van der Waals surface area contributed by atoms with Crippen LogP contribution in [-0.2, 0) is 0 Å². The molecule has 0 unspecified atom stereocenters. The lowest BCUT2D eigenvalue weighted by atomic mass is 10.1.